The van der Waals surface area contributed by atoms with Crippen LogP contribution in [0.3, 0.4) is 0 Å². The molecule has 1 saturated heterocycles. The summed E-state index contributed by atoms with van der Waals surface area (Å²) in [6.07, 6.45) is -6.14. The second-order valence-electron chi connectivity index (χ2n) is 6.61. The third-order valence-corrected chi connectivity index (χ3v) is 4.67. The number of aliphatic hydroxyl groups is 3. The highest BCUT2D eigenvalue weighted by Gasteiger charge is 2.47. The summed E-state index contributed by atoms with van der Waals surface area (Å²) in [5, 5.41) is 29.5. The molecule has 1 fully saturated rings. The fourth-order valence-corrected chi connectivity index (χ4v) is 3.07. The lowest BCUT2D eigenvalue weighted by Crippen LogP contribution is -2.60. The second-order valence-corrected chi connectivity index (χ2v) is 6.61. The number of rotatable bonds is 7. The number of aliphatic hydroxyl groups excluding tert-OH is 3. The van der Waals surface area contributed by atoms with Crippen LogP contribution in [-0.2, 0) is 20.8 Å². The monoisotopic (exact) mass is 404 g/mol. The van der Waals surface area contributed by atoms with Crippen LogP contribution in [0.5, 0.6) is 5.75 Å². The maximum absolute atomic E-state index is 12.5. The van der Waals surface area contributed by atoms with Gasteiger partial charge in [0.2, 0.25) is 0 Å². The lowest BCUT2D eigenvalue weighted by atomic mass is 9.99. The molecular formula is C21H24O8. The van der Waals surface area contributed by atoms with E-state index in [1.807, 2.05) is 30.3 Å². The summed E-state index contributed by atoms with van der Waals surface area (Å²) in [5.41, 5.74) is 1.26. The molecule has 8 heteroatoms. The first kappa shape index (κ1) is 21.2. The number of carbonyl (C=O) groups excluding carboxylic acids is 1. The van der Waals surface area contributed by atoms with Crippen LogP contribution in [0.2, 0.25) is 0 Å². The van der Waals surface area contributed by atoms with Gasteiger partial charge in [0.05, 0.1) is 12.2 Å². The number of hydrogen-bond acceptors (Lipinski definition) is 8. The molecule has 0 unspecified atom stereocenters. The highest BCUT2D eigenvalue weighted by atomic mass is 16.7. The van der Waals surface area contributed by atoms with Crippen LogP contribution >= 0.6 is 0 Å². The number of esters is 1. The van der Waals surface area contributed by atoms with E-state index in [2.05, 4.69) is 0 Å². The Morgan fingerprint density at radius 1 is 1.03 bits per heavy atom. The Balaban J connectivity index is 1.61. The zero-order valence-electron chi connectivity index (χ0n) is 15.9. The van der Waals surface area contributed by atoms with Gasteiger partial charge in [-0.1, -0.05) is 30.3 Å². The predicted octanol–water partition coefficient (Wildman–Crippen LogP) is 0.876. The van der Waals surface area contributed by atoms with Crippen molar-refractivity contribution in [3.63, 3.8) is 0 Å². The molecule has 1 aliphatic rings. The maximum atomic E-state index is 12.5. The van der Waals surface area contributed by atoms with E-state index in [4.69, 9.17) is 18.9 Å². The summed E-state index contributed by atoms with van der Waals surface area (Å²) in [7, 11) is 1.31. The first-order valence-electron chi connectivity index (χ1n) is 9.16. The van der Waals surface area contributed by atoms with E-state index < -0.39 is 43.3 Å². The third kappa shape index (κ3) is 5.11. The average Bonchev–Trinajstić information content (AvgIpc) is 2.75. The molecule has 3 rings (SSSR count). The SMILES string of the molecule is CO[C@H]1[C@@H](O)[C@@H](CO)O[C@H](O)[C@@H]1OC(=O)c1ccc(OCc2ccccc2)cc1. The molecule has 156 valence electrons. The van der Waals surface area contributed by atoms with E-state index in [0.29, 0.717) is 12.4 Å². The van der Waals surface area contributed by atoms with Crippen molar-refractivity contribution >= 4 is 5.97 Å². The second kappa shape index (κ2) is 9.82. The molecule has 0 aromatic heterocycles. The van der Waals surface area contributed by atoms with E-state index >= 15 is 0 Å². The van der Waals surface area contributed by atoms with Crippen LogP contribution in [0.15, 0.2) is 54.6 Å². The number of ether oxygens (including phenoxy) is 4. The summed E-state index contributed by atoms with van der Waals surface area (Å²) in [6, 6.07) is 16.0. The van der Waals surface area contributed by atoms with Gasteiger partial charge in [0.25, 0.3) is 0 Å². The molecule has 5 atom stereocenters. The Morgan fingerprint density at radius 3 is 2.34 bits per heavy atom. The first-order valence-corrected chi connectivity index (χ1v) is 9.16. The molecule has 2 aromatic rings. The van der Waals surface area contributed by atoms with E-state index in [1.165, 1.54) is 19.2 Å². The Hall–Kier alpha value is -2.49. The minimum atomic E-state index is -1.54. The van der Waals surface area contributed by atoms with Crippen molar-refractivity contribution < 1.29 is 39.1 Å². The molecule has 29 heavy (non-hydrogen) atoms. The van der Waals surface area contributed by atoms with Gasteiger partial charge in [0.1, 0.15) is 30.7 Å². The molecule has 0 spiro atoms. The van der Waals surface area contributed by atoms with Crippen LogP contribution in [-0.4, -0.2) is 65.7 Å². The number of hydrogen-bond donors (Lipinski definition) is 3. The van der Waals surface area contributed by atoms with Gasteiger partial charge < -0.3 is 34.3 Å². The molecule has 0 aliphatic carbocycles. The van der Waals surface area contributed by atoms with Crippen LogP contribution in [0, 0.1) is 0 Å². The molecular weight excluding hydrogens is 380 g/mol. The smallest absolute Gasteiger partial charge is 0.338 e. The summed E-state index contributed by atoms with van der Waals surface area (Å²) in [4.78, 5) is 12.5. The van der Waals surface area contributed by atoms with Crippen molar-refractivity contribution in [1.29, 1.82) is 0 Å². The van der Waals surface area contributed by atoms with Crippen molar-refractivity contribution in [2.24, 2.45) is 0 Å². The minimum absolute atomic E-state index is 0.234. The molecule has 0 amide bonds. The predicted molar refractivity (Wildman–Crippen MR) is 101 cm³/mol. The minimum Gasteiger partial charge on any atom is -0.489 e. The van der Waals surface area contributed by atoms with E-state index in [-0.39, 0.29) is 5.56 Å². The van der Waals surface area contributed by atoms with Gasteiger partial charge in [-0.25, -0.2) is 4.79 Å². The summed E-state index contributed by atoms with van der Waals surface area (Å²) in [5.74, 6) is -0.133. The van der Waals surface area contributed by atoms with Gasteiger partial charge in [0, 0.05) is 7.11 Å². The molecule has 0 saturated carbocycles. The van der Waals surface area contributed by atoms with Gasteiger partial charge in [0.15, 0.2) is 12.4 Å². The maximum Gasteiger partial charge on any atom is 0.338 e. The van der Waals surface area contributed by atoms with Crippen LogP contribution in [0.4, 0.5) is 0 Å². The van der Waals surface area contributed by atoms with Crippen LogP contribution < -0.4 is 4.74 Å². The normalized spacial score (nSPS) is 26.7. The summed E-state index contributed by atoms with van der Waals surface area (Å²) in [6.45, 7) is -0.112. The fraction of sp³-hybridized carbons (Fsp3) is 0.381. The molecule has 3 N–H and O–H groups in total. The first-order chi connectivity index (χ1) is 14.0. The average molecular weight is 404 g/mol. The lowest BCUT2D eigenvalue weighted by Gasteiger charge is -2.40. The van der Waals surface area contributed by atoms with Crippen LogP contribution in [0.1, 0.15) is 15.9 Å². The van der Waals surface area contributed by atoms with E-state index in [9.17, 15) is 20.1 Å². The van der Waals surface area contributed by atoms with Crippen molar-refractivity contribution in [2.45, 2.75) is 37.3 Å². The van der Waals surface area contributed by atoms with Gasteiger partial charge in [-0.2, -0.15) is 0 Å². The number of benzene rings is 2. The third-order valence-electron chi connectivity index (χ3n) is 4.67. The molecule has 0 radical (unpaired) electrons. The quantitative estimate of drug-likeness (QED) is 0.583. The van der Waals surface area contributed by atoms with E-state index in [0.717, 1.165) is 5.56 Å². The largest absolute Gasteiger partial charge is 0.489 e. The fourth-order valence-electron chi connectivity index (χ4n) is 3.07. The molecule has 0 bridgehead atoms. The Morgan fingerprint density at radius 2 is 1.72 bits per heavy atom. The van der Waals surface area contributed by atoms with Crippen molar-refractivity contribution in [1.82, 2.24) is 0 Å². The van der Waals surface area contributed by atoms with Crippen LogP contribution in [0.25, 0.3) is 0 Å². The lowest BCUT2D eigenvalue weighted by molar-refractivity contribution is -0.289. The van der Waals surface area contributed by atoms with E-state index in [1.54, 1.807) is 12.1 Å². The molecule has 1 heterocycles. The van der Waals surface area contributed by atoms with Crippen molar-refractivity contribution in [2.75, 3.05) is 13.7 Å². The topological polar surface area (TPSA) is 115 Å². The highest BCUT2D eigenvalue weighted by Crippen LogP contribution is 2.25. The van der Waals surface area contributed by atoms with Gasteiger partial charge in [-0.05, 0) is 29.8 Å². The summed E-state index contributed by atoms with van der Waals surface area (Å²) >= 11 is 0. The van der Waals surface area contributed by atoms with Gasteiger partial charge >= 0.3 is 5.97 Å². The highest BCUT2D eigenvalue weighted by molar-refractivity contribution is 5.89. The molecule has 8 nitrogen and oxygen atoms in total. The van der Waals surface area contributed by atoms with Crippen molar-refractivity contribution in [3.05, 3.63) is 65.7 Å². The van der Waals surface area contributed by atoms with Gasteiger partial charge in [-0.15, -0.1) is 0 Å². The zero-order chi connectivity index (χ0) is 20.8. The Labute approximate surface area is 168 Å². The number of carbonyl (C=O) groups is 1. The number of methoxy groups -OCH3 is 1. The standard InChI is InChI=1S/C21H24O8/c1-26-18-17(23)16(11-22)28-21(25)19(18)29-20(24)14-7-9-15(10-8-14)27-12-13-5-3-2-4-6-13/h2-10,16-19,21-23,25H,11-12H2,1H3/t16-,17+,18+,19-,21+/m1/s1. The summed E-state index contributed by atoms with van der Waals surface area (Å²) < 4.78 is 21.2. The zero-order valence-corrected chi connectivity index (χ0v) is 15.9. The Kier molecular flexibility index (Phi) is 7.18. The van der Waals surface area contributed by atoms with Crippen molar-refractivity contribution in [3.8, 4) is 5.75 Å². The van der Waals surface area contributed by atoms with Gasteiger partial charge in [-0.3, -0.25) is 0 Å². The Bertz CT molecular complexity index is 779. The molecule has 2 aromatic carbocycles. The molecule has 1 aliphatic heterocycles.